The summed E-state index contributed by atoms with van der Waals surface area (Å²) in [6.07, 6.45) is 10.3. The van der Waals surface area contributed by atoms with E-state index in [-0.39, 0.29) is 0 Å². The molecule has 0 fully saturated rings. The summed E-state index contributed by atoms with van der Waals surface area (Å²) in [5.74, 6) is 1.51. The first-order valence-electron chi connectivity index (χ1n) is 13.9. The van der Waals surface area contributed by atoms with Gasteiger partial charge in [0.05, 0.1) is 59.5 Å². The van der Waals surface area contributed by atoms with Gasteiger partial charge >= 0.3 is 0 Å². The Morgan fingerprint density at radius 2 is 1.06 bits per heavy atom. The third-order valence-electron chi connectivity index (χ3n) is 5.83. The summed E-state index contributed by atoms with van der Waals surface area (Å²) in [5, 5.41) is 0. The van der Waals surface area contributed by atoms with Crippen LogP contribution in [0.4, 0.5) is 0 Å². The number of benzene rings is 1. The SMILES string of the molecule is CCCCCCCCc1ccc(OCCOCCOCCOCCOCCOCC(C)CC)cc1. The molecule has 6 heteroatoms. The Kier molecular flexibility index (Phi) is 22.3. The summed E-state index contributed by atoms with van der Waals surface area (Å²) >= 11 is 0. The van der Waals surface area contributed by atoms with Crippen LogP contribution in [0.3, 0.4) is 0 Å². The van der Waals surface area contributed by atoms with Crippen molar-refractivity contribution in [2.45, 2.75) is 72.1 Å². The molecule has 0 spiro atoms. The Labute approximate surface area is 215 Å². The molecule has 0 aliphatic rings. The van der Waals surface area contributed by atoms with E-state index in [9.17, 15) is 0 Å². The molecular weight excluding hydrogens is 444 g/mol. The minimum Gasteiger partial charge on any atom is -0.491 e. The lowest BCUT2D eigenvalue weighted by Gasteiger charge is -2.10. The molecule has 1 aromatic carbocycles. The van der Waals surface area contributed by atoms with Crippen LogP contribution in [-0.4, -0.2) is 72.7 Å². The molecule has 0 bridgehead atoms. The second kappa shape index (κ2) is 24.5. The van der Waals surface area contributed by atoms with Crippen LogP contribution >= 0.6 is 0 Å². The summed E-state index contributed by atoms with van der Waals surface area (Å²) in [7, 11) is 0. The van der Waals surface area contributed by atoms with Gasteiger partial charge < -0.3 is 28.4 Å². The van der Waals surface area contributed by atoms with Crippen molar-refractivity contribution in [2.75, 3.05) is 72.7 Å². The normalized spacial score (nSPS) is 12.2. The fourth-order valence-electron chi connectivity index (χ4n) is 3.36. The largest absolute Gasteiger partial charge is 0.491 e. The van der Waals surface area contributed by atoms with E-state index < -0.39 is 0 Å². The van der Waals surface area contributed by atoms with Gasteiger partial charge in [-0.25, -0.2) is 0 Å². The molecule has 0 aliphatic heterocycles. The van der Waals surface area contributed by atoms with Crippen molar-refractivity contribution < 1.29 is 28.4 Å². The Balaban J connectivity index is 1.81. The van der Waals surface area contributed by atoms with Gasteiger partial charge in [-0.05, 0) is 36.5 Å². The maximum absolute atomic E-state index is 5.75. The predicted molar refractivity (Wildman–Crippen MR) is 143 cm³/mol. The summed E-state index contributed by atoms with van der Waals surface area (Å²) in [6.45, 7) is 13.2. The van der Waals surface area contributed by atoms with E-state index in [1.807, 2.05) is 0 Å². The van der Waals surface area contributed by atoms with E-state index in [4.69, 9.17) is 28.4 Å². The lowest BCUT2D eigenvalue weighted by molar-refractivity contribution is -0.0146. The van der Waals surface area contributed by atoms with Gasteiger partial charge in [0.25, 0.3) is 0 Å². The topological polar surface area (TPSA) is 55.4 Å². The molecule has 0 aliphatic carbocycles. The van der Waals surface area contributed by atoms with Crippen molar-refractivity contribution in [3.8, 4) is 5.75 Å². The molecule has 6 nitrogen and oxygen atoms in total. The number of hydrogen-bond acceptors (Lipinski definition) is 6. The quantitative estimate of drug-likeness (QED) is 0.145. The average Bonchev–Trinajstić information content (AvgIpc) is 2.88. The summed E-state index contributed by atoms with van der Waals surface area (Å²) < 4.78 is 33.3. The first-order chi connectivity index (χ1) is 17.3. The number of rotatable bonds is 26. The molecule has 1 aromatic rings. The Bertz CT molecular complexity index is 551. The predicted octanol–water partition coefficient (Wildman–Crippen LogP) is 6.10. The van der Waals surface area contributed by atoms with Gasteiger partial charge in [-0.15, -0.1) is 0 Å². The molecule has 0 saturated heterocycles. The average molecular weight is 497 g/mol. The van der Waals surface area contributed by atoms with E-state index in [0.717, 1.165) is 25.2 Å². The number of hydrogen-bond donors (Lipinski definition) is 0. The molecule has 1 rings (SSSR count). The minimum absolute atomic E-state index is 0.544. The summed E-state index contributed by atoms with van der Waals surface area (Å²) in [4.78, 5) is 0. The monoisotopic (exact) mass is 496 g/mol. The van der Waals surface area contributed by atoms with Crippen LogP contribution in [0.5, 0.6) is 5.75 Å². The molecule has 0 amide bonds. The second-order valence-electron chi connectivity index (χ2n) is 9.05. The highest BCUT2D eigenvalue weighted by Gasteiger charge is 1.99. The van der Waals surface area contributed by atoms with Gasteiger partial charge in [0.2, 0.25) is 0 Å². The van der Waals surface area contributed by atoms with Gasteiger partial charge in [-0.2, -0.15) is 0 Å². The fraction of sp³-hybridized carbons (Fsp3) is 0.793. The number of ether oxygens (including phenoxy) is 6. The van der Waals surface area contributed by atoms with E-state index in [1.54, 1.807) is 0 Å². The van der Waals surface area contributed by atoms with Gasteiger partial charge in [0.15, 0.2) is 0 Å². The molecule has 0 N–H and O–H groups in total. The Hall–Kier alpha value is -1.18. The van der Waals surface area contributed by atoms with Crippen molar-refractivity contribution in [3.05, 3.63) is 29.8 Å². The highest BCUT2D eigenvalue weighted by molar-refractivity contribution is 5.27. The highest BCUT2D eigenvalue weighted by Crippen LogP contribution is 2.15. The molecule has 1 atom stereocenters. The van der Waals surface area contributed by atoms with Crippen LogP contribution in [0, 0.1) is 5.92 Å². The van der Waals surface area contributed by atoms with Gasteiger partial charge in [0, 0.05) is 6.61 Å². The molecule has 204 valence electrons. The van der Waals surface area contributed by atoms with Crippen LogP contribution < -0.4 is 4.74 Å². The lowest BCUT2D eigenvalue weighted by atomic mass is 10.0. The molecule has 35 heavy (non-hydrogen) atoms. The van der Waals surface area contributed by atoms with E-state index in [0.29, 0.717) is 72.0 Å². The molecule has 0 heterocycles. The summed E-state index contributed by atoms with van der Waals surface area (Å²) in [5.41, 5.74) is 1.39. The zero-order valence-corrected chi connectivity index (χ0v) is 22.8. The zero-order valence-electron chi connectivity index (χ0n) is 22.8. The van der Waals surface area contributed by atoms with Crippen molar-refractivity contribution in [2.24, 2.45) is 5.92 Å². The van der Waals surface area contributed by atoms with Gasteiger partial charge in [0.1, 0.15) is 12.4 Å². The lowest BCUT2D eigenvalue weighted by Crippen LogP contribution is -2.15. The van der Waals surface area contributed by atoms with Crippen molar-refractivity contribution in [1.29, 1.82) is 0 Å². The second-order valence-corrected chi connectivity index (χ2v) is 9.05. The maximum atomic E-state index is 5.75. The van der Waals surface area contributed by atoms with Crippen LogP contribution in [0.1, 0.15) is 71.3 Å². The third-order valence-corrected chi connectivity index (χ3v) is 5.83. The van der Waals surface area contributed by atoms with Crippen molar-refractivity contribution >= 4 is 0 Å². The van der Waals surface area contributed by atoms with Gasteiger partial charge in [-0.1, -0.05) is 71.4 Å². The fourth-order valence-corrected chi connectivity index (χ4v) is 3.36. The van der Waals surface area contributed by atoms with Gasteiger partial charge in [-0.3, -0.25) is 0 Å². The standard InChI is InChI=1S/C29H52O6/c1-4-6-7-8-9-10-11-28-12-14-29(15-13-28)35-25-24-33-21-20-31-17-16-30-18-19-32-22-23-34-26-27(3)5-2/h12-15,27H,4-11,16-26H2,1-3H3. The highest BCUT2D eigenvalue weighted by atomic mass is 16.6. The molecule has 1 unspecified atom stereocenters. The molecule has 0 saturated carbocycles. The number of unbranched alkanes of at least 4 members (excludes halogenated alkanes) is 5. The molecule has 0 radical (unpaired) electrons. The zero-order chi connectivity index (χ0) is 25.2. The van der Waals surface area contributed by atoms with Crippen molar-refractivity contribution in [3.63, 3.8) is 0 Å². The van der Waals surface area contributed by atoms with E-state index in [1.165, 1.54) is 44.1 Å². The number of aryl methyl sites for hydroxylation is 1. The first kappa shape index (κ1) is 31.8. The first-order valence-corrected chi connectivity index (χ1v) is 13.9. The Morgan fingerprint density at radius 3 is 1.60 bits per heavy atom. The molecule has 0 aromatic heterocycles. The summed E-state index contributed by atoms with van der Waals surface area (Å²) in [6, 6.07) is 8.46. The molecular formula is C29H52O6. The van der Waals surface area contributed by atoms with Crippen LogP contribution in [0.25, 0.3) is 0 Å². The minimum atomic E-state index is 0.544. The van der Waals surface area contributed by atoms with Crippen LogP contribution in [-0.2, 0) is 30.1 Å². The van der Waals surface area contributed by atoms with Crippen molar-refractivity contribution in [1.82, 2.24) is 0 Å². The maximum Gasteiger partial charge on any atom is 0.119 e. The van der Waals surface area contributed by atoms with E-state index in [2.05, 4.69) is 45.0 Å². The van der Waals surface area contributed by atoms with E-state index >= 15 is 0 Å². The Morgan fingerprint density at radius 1 is 0.571 bits per heavy atom. The van der Waals surface area contributed by atoms with Crippen LogP contribution in [0.2, 0.25) is 0 Å². The van der Waals surface area contributed by atoms with Crippen LogP contribution in [0.15, 0.2) is 24.3 Å². The third kappa shape index (κ3) is 20.7. The smallest absolute Gasteiger partial charge is 0.119 e.